The van der Waals surface area contributed by atoms with Gasteiger partial charge in [0.1, 0.15) is 18.1 Å². The van der Waals surface area contributed by atoms with Gasteiger partial charge in [0.05, 0.1) is 6.04 Å². The summed E-state index contributed by atoms with van der Waals surface area (Å²) in [4.78, 5) is 49.3. The standard InChI is InChI=1S/C20H38N4O5S2/c1-6-12(4)16(24-17(25)13(21)9-11(2)3)19(27)22-14(7-8-31-5)18(26)23-15(10-30)20(28)29/h11-16,30H,6-10,21H2,1-5H3,(H,22,27)(H,23,26)(H,24,25)(H,28,29). The van der Waals surface area contributed by atoms with Crippen molar-refractivity contribution >= 4 is 48.1 Å². The Morgan fingerprint density at radius 2 is 1.58 bits per heavy atom. The van der Waals surface area contributed by atoms with Crippen LogP contribution in [0.1, 0.15) is 47.0 Å². The first kappa shape index (κ1) is 29.5. The lowest BCUT2D eigenvalue weighted by molar-refractivity contribution is -0.141. The van der Waals surface area contributed by atoms with E-state index in [1.165, 1.54) is 11.8 Å². The fraction of sp³-hybridized carbons (Fsp3) is 0.800. The van der Waals surface area contributed by atoms with Gasteiger partial charge in [-0.1, -0.05) is 34.1 Å². The molecule has 31 heavy (non-hydrogen) atoms. The molecule has 5 atom stereocenters. The summed E-state index contributed by atoms with van der Waals surface area (Å²) in [6, 6.07) is -3.69. The summed E-state index contributed by atoms with van der Waals surface area (Å²) in [6.45, 7) is 7.64. The minimum Gasteiger partial charge on any atom is -0.480 e. The third-order valence-corrected chi connectivity index (χ3v) is 5.91. The minimum absolute atomic E-state index is 0.0798. The number of nitrogens with two attached hydrogens (primary N) is 1. The van der Waals surface area contributed by atoms with Crippen molar-refractivity contribution in [3.05, 3.63) is 0 Å². The van der Waals surface area contributed by atoms with Gasteiger partial charge in [0.2, 0.25) is 17.7 Å². The van der Waals surface area contributed by atoms with E-state index in [9.17, 15) is 19.2 Å². The van der Waals surface area contributed by atoms with Crippen LogP contribution in [0, 0.1) is 11.8 Å². The number of thioether (sulfide) groups is 1. The summed E-state index contributed by atoms with van der Waals surface area (Å²) in [5, 5.41) is 17.0. The van der Waals surface area contributed by atoms with Crippen LogP contribution in [0.4, 0.5) is 0 Å². The third-order valence-electron chi connectivity index (χ3n) is 4.90. The molecule has 0 aliphatic rings. The van der Waals surface area contributed by atoms with Crippen molar-refractivity contribution in [2.75, 3.05) is 17.8 Å². The Balaban J connectivity index is 5.41. The van der Waals surface area contributed by atoms with Crippen LogP contribution in [0.25, 0.3) is 0 Å². The molecule has 0 aliphatic carbocycles. The van der Waals surface area contributed by atoms with E-state index in [1.807, 2.05) is 34.0 Å². The molecule has 6 N–H and O–H groups in total. The molecule has 0 rings (SSSR count). The van der Waals surface area contributed by atoms with E-state index >= 15 is 0 Å². The first-order valence-electron chi connectivity index (χ1n) is 10.5. The van der Waals surface area contributed by atoms with Crippen LogP contribution in [0.15, 0.2) is 0 Å². The highest BCUT2D eigenvalue weighted by Crippen LogP contribution is 2.11. The van der Waals surface area contributed by atoms with E-state index in [0.29, 0.717) is 25.0 Å². The van der Waals surface area contributed by atoms with E-state index in [4.69, 9.17) is 10.8 Å². The molecule has 0 fully saturated rings. The van der Waals surface area contributed by atoms with Crippen LogP contribution in [0.3, 0.4) is 0 Å². The maximum atomic E-state index is 13.0. The maximum absolute atomic E-state index is 13.0. The predicted octanol–water partition coefficient (Wildman–Crippen LogP) is 0.628. The fourth-order valence-corrected chi connectivity index (χ4v) is 3.52. The monoisotopic (exact) mass is 478 g/mol. The molecule has 3 amide bonds. The fourth-order valence-electron chi connectivity index (χ4n) is 2.80. The first-order valence-corrected chi connectivity index (χ1v) is 12.5. The topological polar surface area (TPSA) is 151 Å². The van der Waals surface area contributed by atoms with Crippen LogP contribution in [-0.4, -0.2) is 70.7 Å². The molecule has 0 saturated heterocycles. The summed E-state index contributed by atoms with van der Waals surface area (Å²) >= 11 is 5.44. The largest absolute Gasteiger partial charge is 0.480 e. The highest BCUT2D eigenvalue weighted by molar-refractivity contribution is 7.98. The molecule has 0 aromatic rings. The average Bonchev–Trinajstić information content (AvgIpc) is 2.71. The van der Waals surface area contributed by atoms with Crippen molar-refractivity contribution < 1.29 is 24.3 Å². The van der Waals surface area contributed by atoms with E-state index in [1.54, 1.807) is 0 Å². The third kappa shape index (κ3) is 11.1. The Morgan fingerprint density at radius 1 is 1.00 bits per heavy atom. The zero-order valence-electron chi connectivity index (χ0n) is 19.0. The van der Waals surface area contributed by atoms with E-state index < -0.39 is 47.9 Å². The van der Waals surface area contributed by atoms with E-state index in [-0.39, 0.29) is 17.6 Å². The van der Waals surface area contributed by atoms with Gasteiger partial charge in [0, 0.05) is 5.75 Å². The molecule has 0 radical (unpaired) electrons. The van der Waals surface area contributed by atoms with Crippen LogP contribution in [-0.2, 0) is 19.2 Å². The van der Waals surface area contributed by atoms with Gasteiger partial charge >= 0.3 is 5.97 Å². The summed E-state index contributed by atoms with van der Waals surface area (Å²) in [5.41, 5.74) is 5.95. The number of amides is 3. The Hall–Kier alpha value is -1.46. The van der Waals surface area contributed by atoms with Gasteiger partial charge in [-0.25, -0.2) is 4.79 Å². The van der Waals surface area contributed by atoms with Crippen molar-refractivity contribution in [2.24, 2.45) is 17.6 Å². The molecule has 0 bridgehead atoms. The van der Waals surface area contributed by atoms with Crippen LogP contribution in [0.5, 0.6) is 0 Å². The van der Waals surface area contributed by atoms with Crippen LogP contribution >= 0.6 is 24.4 Å². The molecule has 0 aromatic carbocycles. The second kappa shape index (κ2) is 15.4. The molecule has 0 aliphatic heterocycles. The number of hydrogen-bond donors (Lipinski definition) is 6. The minimum atomic E-state index is -1.21. The Morgan fingerprint density at radius 3 is 2.03 bits per heavy atom. The smallest absolute Gasteiger partial charge is 0.327 e. The lowest BCUT2D eigenvalue weighted by Gasteiger charge is -2.28. The SMILES string of the molecule is CCC(C)C(NC(=O)C(N)CC(C)C)C(=O)NC(CCSC)C(=O)NC(CS)C(=O)O. The molecule has 5 unspecified atom stereocenters. The predicted molar refractivity (Wildman–Crippen MR) is 127 cm³/mol. The van der Waals surface area contributed by atoms with Gasteiger partial charge in [-0.15, -0.1) is 0 Å². The molecule has 0 heterocycles. The summed E-state index contributed by atoms with van der Waals surface area (Å²) in [7, 11) is 0. The molecule has 180 valence electrons. The number of rotatable bonds is 15. The maximum Gasteiger partial charge on any atom is 0.327 e. The first-order chi connectivity index (χ1) is 14.5. The molecular formula is C20H38N4O5S2. The number of carboxylic acid groups (broad SMARTS) is 1. The van der Waals surface area contributed by atoms with Crippen molar-refractivity contribution in [3.8, 4) is 0 Å². The summed E-state index contributed by atoms with van der Waals surface area (Å²) in [5.74, 6) is -2.19. The second-order valence-electron chi connectivity index (χ2n) is 8.03. The molecule has 0 saturated carbocycles. The van der Waals surface area contributed by atoms with Gasteiger partial charge in [-0.2, -0.15) is 24.4 Å². The number of carboxylic acids is 1. The van der Waals surface area contributed by atoms with Crippen molar-refractivity contribution in [2.45, 2.75) is 71.1 Å². The zero-order chi connectivity index (χ0) is 24.1. The molecular weight excluding hydrogens is 440 g/mol. The van der Waals surface area contributed by atoms with Gasteiger partial charge < -0.3 is 26.8 Å². The number of nitrogens with one attached hydrogen (secondary N) is 3. The second-order valence-corrected chi connectivity index (χ2v) is 9.38. The lowest BCUT2D eigenvalue weighted by atomic mass is 9.96. The number of carbonyl (C=O) groups excluding carboxylic acids is 3. The van der Waals surface area contributed by atoms with Gasteiger partial charge in [0.15, 0.2) is 0 Å². The zero-order valence-corrected chi connectivity index (χ0v) is 20.7. The Labute approximate surface area is 194 Å². The normalized spacial score (nSPS) is 16.0. The highest BCUT2D eigenvalue weighted by Gasteiger charge is 2.32. The number of thiol groups is 1. The number of hydrogen-bond acceptors (Lipinski definition) is 7. The van der Waals surface area contributed by atoms with Gasteiger partial charge in [-0.3, -0.25) is 14.4 Å². The Bertz CT molecular complexity index is 606. The number of carbonyl (C=O) groups is 4. The van der Waals surface area contributed by atoms with E-state index in [0.717, 1.165) is 0 Å². The average molecular weight is 479 g/mol. The summed E-state index contributed by atoms with van der Waals surface area (Å²) in [6.07, 6.45) is 3.29. The Kier molecular flexibility index (Phi) is 14.6. The van der Waals surface area contributed by atoms with Crippen molar-refractivity contribution in [3.63, 3.8) is 0 Å². The quantitative estimate of drug-likeness (QED) is 0.189. The molecule has 0 aromatic heterocycles. The molecule has 9 nitrogen and oxygen atoms in total. The van der Waals surface area contributed by atoms with E-state index in [2.05, 4.69) is 28.6 Å². The van der Waals surface area contributed by atoms with Gasteiger partial charge in [-0.05, 0) is 36.7 Å². The van der Waals surface area contributed by atoms with Crippen LogP contribution in [0.2, 0.25) is 0 Å². The van der Waals surface area contributed by atoms with Crippen molar-refractivity contribution in [1.29, 1.82) is 0 Å². The molecule has 0 spiro atoms. The summed E-state index contributed by atoms with van der Waals surface area (Å²) < 4.78 is 0. The molecule has 11 heteroatoms. The number of aliphatic carboxylic acids is 1. The van der Waals surface area contributed by atoms with Crippen LogP contribution < -0.4 is 21.7 Å². The highest BCUT2D eigenvalue weighted by atomic mass is 32.2. The van der Waals surface area contributed by atoms with Gasteiger partial charge in [0.25, 0.3) is 0 Å². The van der Waals surface area contributed by atoms with Crippen molar-refractivity contribution in [1.82, 2.24) is 16.0 Å². The lowest BCUT2D eigenvalue weighted by Crippen LogP contribution is -2.59.